The maximum Gasteiger partial charge on any atom is 0.223 e. The topological polar surface area (TPSA) is 58.8 Å². The van der Waals surface area contributed by atoms with Crippen molar-refractivity contribution >= 4 is 11.6 Å². The van der Waals surface area contributed by atoms with Gasteiger partial charge < -0.3 is 19.0 Å². The summed E-state index contributed by atoms with van der Waals surface area (Å²) in [5.41, 5.74) is 1.90. The van der Waals surface area contributed by atoms with Crippen molar-refractivity contribution in [1.82, 2.24) is 9.88 Å². The van der Waals surface area contributed by atoms with Gasteiger partial charge in [-0.25, -0.2) is 9.37 Å². The van der Waals surface area contributed by atoms with Crippen LogP contribution in [0.15, 0.2) is 59.1 Å². The molecule has 2 aromatic carbocycles. The Kier molecular flexibility index (Phi) is 6.50. The van der Waals surface area contributed by atoms with Crippen molar-refractivity contribution in [2.75, 3.05) is 37.7 Å². The van der Waals surface area contributed by atoms with Gasteiger partial charge in [-0.2, -0.15) is 0 Å². The zero-order valence-electron chi connectivity index (χ0n) is 17.6. The number of carbonyl (C=O) groups excluding carboxylic acids is 1. The molecule has 0 saturated carbocycles. The Bertz CT molecular complexity index is 994. The van der Waals surface area contributed by atoms with E-state index in [2.05, 4.69) is 9.88 Å². The molecule has 6 nitrogen and oxygen atoms in total. The highest BCUT2D eigenvalue weighted by molar-refractivity contribution is 5.76. The van der Waals surface area contributed by atoms with Crippen LogP contribution in [-0.4, -0.2) is 48.6 Å². The third-order valence-electron chi connectivity index (χ3n) is 5.38. The minimum absolute atomic E-state index is 0.0968. The van der Waals surface area contributed by atoms with Gasteiger partial charge in [0.1, 0.15) is 11.6 Å². The van der Waals surface area contributed by atoms with Crippen LogP contribution >= 0.6 is 0 Å². The van der Waals surface area contributed by atoms with E-state index in [1.807, 2.05) is 36.1 Å². The number of aryl methyl sites for hydroxylation is 1. The molecule has 0 bridgehead atoms. The van der Waals surface area contributed by atoms with Crippen LogP contribution in [0.2, 0.25) is 0 Å². The predicted molar refractivity (Wildman–Crippen MR) is 117 cm³/mol. The standard InChI is InChI=1S/C24H26FN3O3/c1-2-30-21-9-3-18(4-10-21)22-17-26-23(31-22)11-12-24(29)28-15-13-27(14-16-28)20-7-5-19(25)6-8-20/h3-10,17H,2,11-16H2,1H3. The third kappa shape index (κ3) is 5.23. The molecule has 0 atom stereocenters. The molecule has 1 aliphatic heterocycles. The van der Waals surface area contributed by atoms with Crippen molar-refractivity contribution in [2.24, 2.45) is 0 Å². The van der Waals surface area contributed by atoms with Gasteiger partial charge >= 0.3 is 0 Å². The normalized spacial score (nSPS) is 14.0. The number of rotatable bonds is 7. The summed E-state index contributed by atoms with van der Waals surface area (Å²) in [7, 11) is 0. The van der Waals surface area contributed by atoms with Crippen LogP contribution in [0.3, 0.4) is 0 Å². The third-order valence-corrected chi connectivity index (χ3v) is 5.38. The number of nitrogens with zero attached hydrogens (tertiary/aromatic N) is 3. The summed E-state index contributed by atoms with van der Waals surface area (Å²) in [4.78, 5) is 21.0. The summed E-state index contributed by atoms with van der Waals surface area (Å²) >= 11 is 0. The molecular weight excluding hydrogens is 397 g/mol. The van der Waals surface area contributed by atoms with Crippen molar-refractivity contribution < 1.29 is 18.3 Å². The number of ether oxygens (including phenoxy) is 1. The molecule has 0 N–H and O–H groups in total. The summed E-state index contributed by atoms with van der Waals surface area (Å²) < 4.78 is 24.4. The van der Waals surface area contributed by atoms with Crippen LogP contribution in [0.25, 0.3) is 11.3 Å². The van der Waals surface area contributed by atoms with Gasteiger partial charge in [-0.1, -0.05) is 0 Å². The lowest BCUT2D eigenvalue weighted by molar-refractivity contribution is -0.131. The first-order valence-corrected chi connectivity index (χ1v) is 10.6. The number of hydrogen-bond acceptors (Lipinski definition) is 5. The van der Waals surface area contributed by atoms with Gasteiger partial charge in [-0.15, -0.1) is 0 Å². The lowest BCUT2D eigenvalue weighted by Crippen LogP contribution is -2.48. The van der Waals surface area contributed by atoms with Gasteiger partial charge in [0.15, 0.2) is 11.7 Å². The molecule has 1 aromatic heterocycles. The fraction of sp³-hybridized carbons (Fsp3) is 0.333. The first kappa shape index (κ1) is 20.9. The molecular formula is C24H26FN3O3. The highest BCUT2D eigenvalue weighted by Gasteiger charge is 2.21. The Labute approximate surface area is 181 Å². The number of hydrogen-bond donors (Lipinski definition) is 0. The highest BCUT2D eigenvalue weighted by atomic mass is 19.1. The van der Waals surface area contributed by atoms with Crippen LogP contribution in [-0.2, 0) is 11.2 Å². The van der Waals surface area contributed by atoms with Crippen LogP contribution in [0.5, 0.6) is 5.75 Å². The fourth-order valence-corrected chi connectivity index (χ4v) is 3.68. The van der Waals surface area contributed by atoms with E-state index in [1.165, 1.54) is 12.1 Å². The summed E-state index contributed by atoms with van der Waals surface area (Å²) in [6.07, 6.45) is 2.52. The zero-order valence-corrected chi connectivity index (χ0v) is 17.6. The molecule has 7 heteroatoms. The second kappa shape index (κ2) is 9.64. The minimum atomic E-state index is -0.241. The molecule has 0 spiro atoms. The molecule has 2 heterocycles. The van der Waals surface area contributed by atoms with Crippen LogP contribution in [0.1, 0.15) is 19.2 Å². The average molecular weight is 423 g/mol. The number of benzene rings is 2. The Morgan fingerprint density at radius 2 is 1.77 bits per heavy atom. The molecule has 31 heavy (non-hydrogen) atoms. The molecule has 1 fully saturated rings. The van der Waals surface area contributed by atoms with Crippen LogP contribution in [0, 0.1) is 5.82 Å². The second-order valence-corrected chi connectivity index (χ2v) is 7.42. The lowest BCUT2D eigenvalue weighted by Gasteiger charge is -2.36. The Morgan fingerprint density at radius 3 is 2.45 bits per heavy atom. The number of carbonyl (C=O) groups is 1. The number of halogens is 1. The van der Waals surface area contributed by atoms with E-state index in [-0.39, 0.29) is 11.7 Å². The van der Waals surface area contributed by atoms with Crippen molar-refractivity contribution in [3.8, 4) is 17.1 Å². The van der Waals surface area contributed by atoms with Gasteiger partial charge in [0.25, 0.3) is 0 Å². The largest absolute Gasteiger partial charge is 0.494 e. The number of anilines is 1. The van der Waals surface area contributed by atoms with Crippen LogP contribution in [0.4, 0.5) is 10.1 Å². The van der Waals surface area contributed by atoms with E-state index >= 15 is 0 Å². The first-order chi connectivity index (χ1) is 15.1. The number of aromatic nitrogens is 1. The molecule has 0 radical (unpaired) electrons. The molecule has 0 aliphatic carbocycles. The summed E-state index contributed by atoms with van der Waals surface area (Å²) in [6.45, 7) is 5.35. The van der Waals surface area contributed by atoms with E-state index in [4.69, 9.17) is 9.15 Å². The van der Waals surface area contributed by atoms with Crippen molar-refractivity contribution in [1.29, 1.82) is 0 Å². The quantitative estimate of drug-likeness (QED) is 0.571. The highest BCUT2D eigenvalue weighted by Crippen LogP contribution is 2.24. The molecule has 4 rings (SSSR count). The smallest absolute Gasteiger partial charge is 0.223 e. The predicted octanol–water partition coefficient (Wildman–Crippen LogP) is 4.16. The van der Waals surface area contributed by atoms with E-state index in [0.717, 1.165) is 30.1 Å². The Morgan fingerprint density at radius 1 is 1.06 bits per heavy atom. The number of oxazole rings is 1. The van der Waals surface area contributed by atoms with Gasteiger partial charge in [0.2, 0.25) is 5.91 Å². The van der Waals surface area contributed by atoms with Crippen LogP contribution < -0.4 is 9.64 Å². The molecule has 3 aromatic rings. The number of amides is 1. The van der Waals surface area contributed by atoms with Gasteiger partial charge in [-0.05, 0) is 55.5 Å². The fourth-order valence-electron chi connectivity index (χ4n) is 3.68. The first-order valence-electron chi connectivity index (χ1n) is 10.6. The molecule has 1 amide bonds. The molecule has 1 saturated heterocycles. The SMILES string of the molecule is CCOc1ccc(-c2cnc(CCC(=O)N3CCN(c4ccc(F)cc4)CC3)o2)cc1. The van der Waals surface area contributed by atoms with Gasteiger partial charge in [0, 0.05) is 50.3 Å². The van der Waals surface area contributed by atoms with E-state index < -0.39 is 0 Å². The van der Waals surface area contributed by atoms with Gasteiger partial charge in [-0.3, -0.25) is 4.79 Å². The monoisotopic (exact) mass is 423 g/mol. The summed E-state index contributed by atoms with van der Waals surface area (Å²) in [5.74, 6) is 1.91. The van der Waals surface area contributed by atoms with E-state index in [9.17, 15) is 9.18 Å². The maximum atomic E-state index is 13.1. The van der Waals surface area contributed by atoms with E-state index in [0.29, 0.717) is 44.2 Å². The molecule has 1 aliphatic rings. The van der Waals surface area contributed by atoms with Crippen molar-refractivity contribution in [3.05, 3.63) is 66.4 Å². The van der Waals surface area contributed by atoms with Crippen molar-refractivity contribution in [3.63, 3.8) is 0 Å². The molecule has 162 valence electrons. The summed E-state index contributed by atoms with van der Waals surface area (Å²) in [5, 5.41) is 0. The Hall–Kier alpha value is -3.35. The summed E-state index contributed by atoms with van der Waals surface area (Å²) in [6, 6.07) is 14.1. The Balaban J connectivity index is 1.26. The average Bonchev–Trinajstić information content (AvgIpc) is 3.28. The number of piperazine rings is 1. The molecule has 0 unspecified atom stereocenters. The second-order valence-electron chi connectivity index (χ2n) is 7.42. The maximum absolute atomic E-state index is 13.1. The van der Waals surface area contributed by atoms with Gasteiger partial charge in [0.05, 0.1) is 12.8 Å². The zero-order chi connectivity index (χ0) is 21.6. The lowest BCUT2D eigenvalue weighted by atomic mass is 10.2. The minimum Gasteiger partial charge on any atom is -0.494 e. The van der Waals surface area contributed by atoms with Crippen molar-refractivity contribution in [2.45, 2.75) is 19.8 Å². The van der Waals surface area contributed by atoms with E-state index in [1.54, 1.807) is 18.3 Å².